The molecule has 0 fully saturated rings. The molecular formula is C32H23NO4S2. The van der Waals surface area contributed by atoms with Crippen LogP contribution in [0.3, 0.4) is 0 Å². The second kappa shape index (κ2) is 9.52. The van der Waals surface area contributed by atoms with Gasteiger partial charge in [-0.25, -0.2) is 13.3 Å². The van der Waals surface area contributed by atoms with Gasteiger partial charge in [-0.2, -0.15) is 0 Å². The molecule has 0 unspecified atom stereocenters. The number of imide groups is 1. The minimum Gasteiger partial charge on any atom is -0.268 e. The number of nitrogens with zero attached hydrogens (tertiary/aromatic N) is 1. The van der Waals surface area contributed by atoms with E-state index >= 15 is 0 Å². The first-order chi connectivity index (χ1) is 18.7. The molecule has 192 valence electrons. The Balaban J connectivity index is 1.30. The summed E-state index contributed by atoms with van der Waals surface area (Å²) in [5, 5.41) is 1.66. The molecule has 1 aliphatic rings. The van der Waals surface area contributed by atoms with E-state index in [0.717, 1.165) is 25.5 Å². The molecule has 39 heavy (non-hydrogen) atoms. The lowest BCUT2D eigenvalue weighted by atomic mass is 10.1. The summed E-state index contributed by atoms with van der Waals surface area (Å²) in [6, 6.07) is 30.0. The molecule has 0 atom stereocenters. The molecule has 0 spiro atoms. The first-order valence-corrected chi connectivity index (χ1v) is 14.6. The fourth-order valence-electron chi connectivity index (χ4n) is 4.75. The molecule has 5 aromatic carbocycles. The van der Waals surface area contributed by atoms with Crippen LogP contribution in [0.25, 0.3) is 10.8 Å². The van der Waals surface area contributed by atoms with Gasteiger partial charge in [-0.15, -0.1) is 0 Å². The lowest BCUT2D eigenvalue weighted by molar-refractivity contribution is 0.0926. The van der Waals surface area contributed by atoms with Crippen molar-refractivity contribution in [3.8, 4) is 0 Å². The fourth-order valence-corrected chi connectivity index (χ4v) is 6.95. The fraction of sp³-hybridized carbons (Fsp3) is 0.0625. The van der Waals surface area contributed by atoms with E-state index in [0.29, 0.717) is 5.69 Å². The van der Waals surface area contributed by atoms with Crippen molar-refractivity contribution < 1.29 is 18.0 Å². The summed E-state index contributed by atoms with van der Waals surface area (Å²) >= 11 is 1.56. The van der Waals surface area contributed by atoms with Crippen LogP contribution in [0.5, 0.6) is 0 Å². The van der Waals surface area contributed by atoms with E-state index in [-0.39, 0.29) is 20.9 Å². The molecule has 7 heteroatoms. The van der Waals surface area contributed by atoms with Crippen molar-refractivity contribution in [2.24, 2.45) is 0 Å². The number of fused-ring (bicyclic) bond motifs is 2. The standard InChI is InChI=1S/C32H23NO4S2/c1-20-10-11-24(18-21(20)2)38-23-12-14-25(15-13-23)39(36,37)26-16-17-28-29(19-26)32(35)33(31(28)34)30-9-5-7-22-6-3-4-8-27(22)30/h3-19H,1-2H3. The van der Waals surface area contributed by atoms with Crippen molar-refractivity contribution in [3.63, 3.8) is 0 Å². The molecule has 0 aliphatic carbocycles. The average Bonchev–Trinajstić information content (AvgIpc) is 3.19. The zero-order chi connectivity index (χ0) is 27.3. The number of anilines is 1. The van der Waals surface area contributed by atoms with E-state index in [4.69, 9.17) is 0 Å². The number of amides is 2. The zero-order valence-corrected chi connectivity index (χ0v) is 22.8. The van der Waals surface area contributed by atoms with Crippen molar-refractivity contribution >= 4 is 49.9 Å². The molecule has 0 aromatic heterocycles. The minimum atomic E-state index is -3.91. The molecule has 5 aromatic rings. The Bertz CT molecular complexity index is 1910. The minimum absolute atomic E-state index is 0.0308. The maximum atomic E-state index is 13.5. The lowest BCUT2D eigenvalue weighted by Crippen LogP contribution is -2.29. The molecule has 6 rings (SSSR count). The number of hydrogen-bond donors (Lipinski definition) is 0. The monoisotopic (exact) mass is 549 g/mol. The van der Waals surface area contributed by atoms with Crippen molar-refractivity contribution in [2.45, 2.75) is 33.4 Å². The highest BCUT2D eigenvalue weighted by molar-refractivity contribution is 7.99. The molecule has 1 heterocycles. The van der Waals surface area contributed by atoms with Gasteiger partial charge in [-0.1, -0.05) is 54.2 Å². The first-order valence-electron chi connectivity index (χ1n) is 12.3. The van der Waals surface area contributed by atoms with Crippen LogP contribution < -0.4 is 4.90 Å². The highest BCUT2D eigenvalue weighted by Crippen LogP contribution is 2.36. The van der Waals surface area contributed by atoms with Crippen molar-refractivity contribution in [2.75, 3.05) is 4.90 Å². The molecule has 5 nitrogen and oxygen atoms in total. The molecule has 0 bridgehead atoms. The Morgan fingerprint density at radius 3 is 2.05 bits per heavy atom. The summed E-state index contributed by atoms with van der Waals surface area (Å²) < 4.78 is 27.0. The Morgan fingerprint density at radius 2 is 1.28 bits per heavy atom. The second-order valence-corrected chi connectivity index (χ2v) is 12.6. The van der Waals surface area contributed by atoms with Crippen LogP contribution >= 0.6 is 11.8 Å². The third kappa shape index (κ3) is 4.33. The first kappa shape index (κ1) is 25.1. The van der Waals surface area contributed by atoms with E-state index < -0.39 is 21.7 Å². The third-order valence-electron chi connectivity index (χ3n) is 7.02. The van der Waals surface area contributed by atoms with Crippen LogP contribution in [0.1, 0.15) is 31.8 Å². The Morgan fingerprint density at radius 1 is 0.615 bits per heavy atom. The summed E-state index contributed by atoms with van der Waals surface area (Å²) in [5.41, 5.74) is 3.15. The number of hydrogen-bond acceptors (Lipinski definition) is 5. The van der Waals surface area contributed by atoms with Crippen LogP contribution in [-0.4, -0.2) is 20.2 Å². The van der Waals surface area contributed by atoms with Crippen LogP contribution in [0.4, 0.5) is 5.69 Å². The summed E-state index contributed by atoms with van der Waals surface area (Å²) in [4.78, 5) is 29.9. The van der Waals surface area contributed by atoms with Crippen LogP contribution in [0.15, 0.2) is 123 Å². The maximum Gasteiger partial charge on any atom is 0.266 e. The second-order valence-electron chi connectivity index (χ2n) is 9.47. The highest BCUT2D eigenvalue weighted by Gasteiger charge is 2.38. The summed E-state index contributed by atoms with van der Waals surface area (Å²) in [6.07, 6.45) is 0. The number of aryl methyl sites for hydroxylation is 2. The molecule has 1 aliphatic heterocycles. The van der Waals surface area contributed by atoms with Gasteiger partial charge in [0.05, 0.1) is 26.6 Å². The molecular weight excluding hydrogens is 526 g/mol. The van der Waals surface area contributed by atoms with Gasteiger partial charge in [-0.3, -0.25) is 9.59 Å². The number of rotatable bonds is 5. The number of carbonyl (C=O) groups excluding carboxylic acids is 2. The van der Waals surface area contributed by atoms with Gasteiger partial charge in [0.1, 0.15) is 0 Å². The van der Waals surface area contributed by atoms with Crippen molar-refractivity contribution in [1.82, 2.24) is 0 Å². The van der Waals surface area contributed by atoms with Crippen molar-refractivity contribution in [1.29, 1.82) is 0 Å². The van der Waals surface area contributed by atoms with Gasteiger partial charge in [0.25, 0.3) is 11.8 Å². The van der Waals surface area contributed by atoms with E-state index in [9.17, 15) is 18.0 Å². The Kier molecular flexibility index (Phi) is 6.13. The summed E-state index contributed by atoms with van der Waals surface area (Å²) in [6.45, 7) is 4.12. The van der Waals surface area contributed by atoms with Gasteiger partial charge in [0, 0.05) is 15.2 Å². The summed E-state index contributed by atoms with van der Waals surface area (Å²) in [5.74, 6) is -1.01. The molecule has 2 amide bonds. The number of sulfone groups is 1. The number of benzene rings is 5. The highest BCUT2D eigenvalue weighted by atomic mass is 32.2. The quantitative estimate of drug-likeness (QED) is 0.216. The third-order valence-corrected chi connectivity index (χ3v) is 9.79. The van der Waals surface area contributed by atoms with Gasteiger partial charge >= 0.3 is 0 Å². The molecule has 0 radical (unpaired) electrons. The predicted octanol–water partition coefficient (Wildman–Crippen LogP) is 7.24. The van der Waals surface area contributed by atoms with E-state index in [1.807, 2.05) is 36.4 Å². The smallest absolute Gasteiger partial charge is 0.266 e. The van der Waals surface area contributed by atoms with Gasteiger partial charge in [-0.05, 0) is 91.0 Å². The van der Waals surface area contributed by atoms with Crippen LogP contribution in [0.2, 0.25) is 0 Å². The van der Waals surface area contributed by atoms with E-state index in [1.54, 1.807) is 48.2 Å². The predicted molar refractivity (Wildman–Crippen MR) is 153 cm³/mol. The van der Waals surface area contributed by atoms with Crippen LogP contribution in [-0.2, 0) is 9.84 Å². The largest absolute Gasteiger partial charge is 0.268 e. The van der Waals surface area contributed by atoms with Gasteiger partial charge in [0.15, 0.2) is 0 Å². The van der Waals surface area contributed by atoms with Crippen LogP contribution in [0, 0.1) is 13.8 Å². The molecule has 0 saturated heterocycles. The summed E-state index contributed by atoms with van der Waals surface area (Å²) in [7, 11) is -3.91. The Labute approximate surface area is 231 Å². The topological polar surface area (TPSA) is 71.5 Å². The normalized spacial score (nSPS) is 13.2. The van der Waals surface area contributed by atoms with Gasteiger partial charge < -0.3 is 0 Å². The Hall–Kier alpha value is -4.20. The van der Waals surface area contributed by atoms with E-state index in [1.165, 1.54) is 29.3 Å². The maximum absolute atomic E-state index is 13.5. The lowest BCUT2D eigenvalue weighted by Gasteiger charge is -2.16. The van der Waals surface area contributed by atoms with Crippen molar-refractivity contribution in [3.05, 3.63) is 125 Å². The SMILES string of the molecule is Cc1ccc(Sc2ccc(S(=O)(=O)c3ccc4c(c3)C(=O)N(c3cccc5ccccc35)C4=O)cc2)cc1C. The molecule has 0 saturated carbocycles. The average molecular weight is 550 g/mol. The number of carbonyl (C=O) groups is 2. The van der Waals surface area contributed by atoms with Gasteiger partial charge in [0.2, 0.25) is 9.84 Å². The zero-order valence-electron chi connectivity index (χ0n) is 21.2. The molecule has 0 N–H and O–H groups in total. The van der Waals surface area contributed by atoms with E-state index in [2.05, 4.69) is 26.0 Å².